The van der Waals surface area contributed by atoms with Crippen molar-refractivity contribution in [3.8, 4) is 11.5 Å². The number of nitrogens with one attached hydrogen (secondary N) is 1. The van der Waals surface area contributed by atoms with Gasteiger partial charge < -0.3 is 14.8 Å². The predicted molar refractivity (Wildman–Crippen MR) is 79.7 cm³/mol. The molecule has 2 aromatic rings. The predicted octanol–water partition coefficient (Wildman–Crippen LogP) is 3.09. The highest BCUT2D eigenvalue weighted by molar-refractivity contribution is 5.94. The second kappa shape index (κ2) is 6.05. The van der Waals surface area contributed by atoms with Gasteiger partial charge in [0.2, 0.25) is 0 Å². The fourth-order valence-electron chi connectivity index (χ4n) is 2.54. The smallest absolute Gasteiger partial charge is 0.251 e. The minimum Gasteiger partial charge on any atom is -0.494 e. The molecule has 1 atom stereocenters. The number of hydrogen-bond donors (Lipinski definition) is 1. The van der Waals surface area contributed by atoms with E-state index < -0.39 is 5.82 Å². The van der Waals surface area contributed by atoms with Crippen molar-refractivity contribution in [2.75, 3.05) is 13.7 Å². The molecule has 1 N–H and O–H groups in total. The Morgan fingerprint density at radius 3 is 2.91 bits per heavy atom. The third-order valence-corrected chi connectivity index (χ3v) is 3.68. The minimum atomic E-state index is -0.553. The molecule has 0 spiro atoms. The van der Waals surface area contributed by atoms with Gasteiger partial charge >= 0.3 is 0 Å². The zero-order chi connectivity index (χ0) is 15.5. The van der Waals surface area contributed by atoms with Crippen molar-refractivity contribution < 1.29 is 18.7 Å². The van der Waals surface area contributed by atoms with Crippen LogP contribution in [0.3, 0.4) is 0 Å². The lowest BCUT2D eigenvalue weighted by Crippen LogP contribution is -2.32. The lowest BCUT2D eigenvalue weighted by Gasteiger charge is -2.26. The molecule has 1 aliphatic heterocycles. The Morgan fingerprint density at radius 1 is 1.32 bits per heavy atom. The van der Waals surface area contributed by atoms with E-state index in [2.05, 4.69) is 5.32 Å². The fraction of sp³-hybridized carbons (Fsp3) is 0.235. The number of halogens is 1. The fourth-order valence-corrected chi connectivity index (χ4v) is 2.54. The lowest BCUT2D eigenvalue weighted by molar-refractivity contribution is 0.0924. The molecule has 22 heavy (non-hydrogen) atoms. The van der Waals surface area contributed by atoms with Crippen LogP contribution in [0, 0.1) is 5.82 Å². The first-order valence-electron chi connectivity index (χ1n) is 7.05. The normalized spacial score (nSPS) is 16.4. The van der Waals surface area contributed by atoms with E-state index in [0.717, 1.165) is 11.3 Å². The van der Waals surface area contributed by atoms with E-state index in [1.54, 1.807) is 6.07 Å². The molecule has 0 radical (unpaired) electrons. The zero-order valence-corrected chi connectivity index (χ0v) is 12.1. The summed E-state index contributed by atoms with van der Waals surface area (Å²) < 4.78 is 24.1. The monoisotopic (exact) mass is 301 g/mol. The maximum Gasteiger partial charge on any atom is 0.251 e. The Kier molecular flexibility index (Phi) is 3.96. The SMILES string of the molecule is COc1ccc(C(=O)NC2CCOc3ccccc32)cc1F. The second-order valence-corrected chi connectivity index (χ2v) is 5.05. The van der Waals surface area contributed by atoms with Crippen molar-refractivity contribution in [1.82, 2.24) is 5.32 Å². The largest absolute Gasteiger partial charge is 0.494 e. The molecule has 3 rings (SSSR count). The highest BCUT2D eigenvalue weighted by Crippen LogP contribution is 2.31. The van der Waals surface area contributed by atoms with Crippen LogP contribution < -0.4 is 14.8 Å². The van der Waals surface area contributed by atoms with Gasteiger partial charge in [0.15, 0.2) is 11.6 Å². The molecule has 0 saturated heterocycles. The molecule has 2 aromatic carbocycles. The average molecular weight is 301 g/mol. The molecule has 1 heterocycles. The van der Waals surface area contributed by atoms with Crippen LogP contribution in [0.5, 0.6) is 11.5 Å². The molecule has 1 amide bonds. The Hall–Kier alpha value is -2.56. The number of carbonyl (C=O) groups excluding carboxylic acids is 1. The van der Waals surface area contributed by atoms with Crippen molar-refractivity contribution in [2.45, 2.75) is 12.5 Å². The second-order valence-electron chi connectivity index (χ2n) is 5.05. The molecule has 0 saturated carbocycles. The Morgan fingerprint density at radius 2 is 2.14 bits per heavy atom. The first-order valence-corrected chi connectivity index (χ1v) is 7.05. The Balaban J connectivity index is 1.79. The molecule has 0 fully saturated rings. The molecule has 114 valence electrons. The summed E-state index contributed by atoms with van der Waals surface area (Å²) in [4.78, 5) is 12.3. The summed E-state index contributed by atoms with van der Waals surface area (Å²) in [7, 11) is 1.39. The number of carbonyl (C=O) groups is 1. The molecule has 0 aromatic heterocycles. The van der Waals surface area contributed by atoms with Crippen LogP contribution in [0.1, 0.15) is 28.4 Å². The summed E-state index contributed by atoms with van der Waals surface area (Å²) in [6.07, 6.45) is 0.682. The van der Waals surface area contributed by atoms with Gasteiger partial charge in [0.25, 0.3) is 5.91 Å². The standard InChI is InChI=1S/C17H16FNO3/c1-21-16-7-6-11(10-13(16)18)17(20)19-14-8-9-22-15-5-3-2-4-12(14)15/h2-7,10,14H,8-9H2,1H3,(H,19,20). The number of methoxy groups -OCH3 is 1. The number of hydrogen-bond acceptors (Lipinski definition) is 3. The first kappa shape index (κ1) is 14.4. The van der Waals surface area contributed by atoms with Crippen LogP contribution in [-0.4, -0.2) is 19.6 Å². The molecule has 1 unspecified atom stereocenters. The van der Waals surface area contributed by atoms with E-state index in [1.165, 1.54) is 19.2 Å². The van der Waals surface area contributed by atoms with E-state index in [0.29, 0.717) is 13.0 Å². The van der Waals surface area contributed by atoms with E-state index in [4.69, 9.17) is 9.47 Å². The Bertz CT molecular complexity index is 702. The van der Waals surface area contributed by atoms with E-state index in [-0.39, 0.29) is 23.3 Å². The van der Waals surface area contributed by atoms with Gasteiger partial charge in [0.1, 0.15) is 5.75 Å². The molecular formula is C17H16FNO3. The van der Waals surface area contributed by atoms with Crippen LogP contribution in [0.25, 0.3) is 0 Å². The van der Waals surface area contributed by atoms with Gasteiger partial charge in [-0.2, -0.15) is 0 Å². The van der Waals surface area contributed by atoms with Gasteiger partial charge in [0, 0.05) is 17.5 Å². The molecule has 5 heteroatoms. The zero-order valence-electron chi connectivity index (χ0n) is 12.1. The Labute approximate surface area is 127 Å². The summed E-state index contributed by atoms with van der Waals surface area (Å²) in [6.45, 7) is 0.541. The number of fused-ring (bicyclic) bond motifs is 1. The van der Waals surface area contributed by atoms with Crippen molar-refractivity contribution >= 4 is 5.91 Å². The average Bonchev–Trinajstić information content (AvgIpc) is 2.55. The molecule has 1 aliphatic rings. The molecular weight excluding hydrogens is 285 g/mol. The van der Waals surface area contributed by atoms with Gasteiger partial charge in [-0.05, 0) is 24.3 Å². The number of rotatable bonds is 3. The third kappa shape index (κ3) is 2.74. The number of ether oxygens (including phenoxy) is 2. The van der Waals surface area contributed by atoms with E-state index in [1.807, 2.05) is 24.3 Å². The number of para-hydroxylation sites is 1. The van der Waals surface area contributed by atoms with Crippen molar-refractivity contribution in [3.63, 3.8) is 0 Å². The van der Waals surface area contributed by atoms with Gasteiger partial charge in [-0.3, -0.25) is 4.79 Å². The van der Waals surface area contributed by atoms with Crippen LogP contribution in [-0.2, 0) is 0 Å². The van der Waals surface area contributed by atoms with Gasteiger partial charge in [-0.25, -0.2) is 4.39 Å². The molecule has 4 nitrogen and oxygen atoms in total. The topological polar surface area (TPSA) is 47.6 Å². The van der Waals surface area contributed by atoms with E-state index >= 15 is 0 Å². The minimum absolute atomic E-state index is 0.118. The summed E-state index contributed by atoms with van der Waals surface area (Å²) in [5, 5.41) is 2.93. The van der Waals surface area contributed by atoms with Gasteiger partial charge in [-0.1, -0.05) is 18.2 Å². The quantitative estimate of drug-likeness (QED) is 0.947. The summed E-state index contributed by atoms with van der Waals surface area (Å²) in [6, 6.07) is 11.6. The maximum atomic E-state index is 13.7. The molecule has 0 bridgehead atoms. The first-order chi connectivity index (χ1) is 10.7. The summed E-state index contributed by atoms with van der Waals surface area (Å²) in [5.41, 5.74) is 1.21. The van der Waals surface area contributed by atoms with Crippen molar-refractivity contribution in [1.29, 1.82) is 0 Å². The third-order valence-electron chi connectivity index (χ3n) is 3.68. The highest BCUT2D eigenvalue weighted by atomic mass is 19.1. The highest BCUT2D eigenvalue weighted by Gasteiger charge is 2.23. The summed E-state index contributed by atoms with van der Waals surface area (Å²) in [5.74, 6) is 0.0266. The number of amides is 1. The van der Waals surface area contributed by atoms with Crippen LogP contribution in [0.4, 0.5) is 4.39 Å². The van der Waals surface area contributed by atoms with Crippen LogP contribution in [0.2, 0.25) is 0 Å². The van der Waals surface area contributed by atoms with Gasteiger partial charge in [0.05, 0.1) is 19.8 Å². The van der Waals surface area contributed by atoms with Crippen molar-refractivity contribution in [2.24, 2.45) is 0 Å². The van der Waals surface area contributed by atoms with Crippen molar-refractivity contribution in [3.05, 3.63) is 59.4 Å². The van der Waals surface area contributed by atoms with Gasteiger partial charge in [-0.15, -0.1) is 0 Å². The number of benzene rings is 2. The van der Waals surface area contributed by atoms with Crippen LogP contribution in [0.15, 0.2) is 42.5 Å². The lowest BCUT2D eigenvalue weighted by atomic mass is 10.00. The summed E-state index contributed by atoms with van der Waals surface area (Å²) >= 11 is 0. The molecule has 0 aliphatic carbocycles. The van der Waals surface area contributed by atoms with E-state index in [9.17, 15) is 9.18 Å². The van der Waals surface area contributed by atoms with Crippen LogP contribution >= 0.6 is 0 Å². The maximum absolute atomic E-state index is 13.7.